The zero-order chi connectivity index (χ0) is 15.0. The van der Waals surface area contributed by atoms with Gasteiger partial charge in [-0.15, -0.1) is 0 Å². The highest BCUT2D eigenvalue weighted by Gasteiger charge is 2.47. The molecule has 114 valence electrons. The number of hydrogen-bond donors (Lipinski definition) is 1. The van der Waals surface area contributed by atoms with E-state index in [9.17, 15) is 9.90 Å². The molecule has 2 fully saturated rings. The SMILES string of the molecule is Cc1ncc(C(=O)N2CC[C@H](O)[C@]3(CCCO3)C2)c(C)n1. The van der Waals surface area contributed by atoms with Gasteiger partial charge in [-0.05, 0) is 33.1 Å². The molecule has 0 bridgehead atoms. The van der Waals surface area contributed by atoms with E-state index in [2.05, 4.69) is 9.97 Å². The summed E-state index contributed by atoms with van der Waals surface area (Å²) in [5.41, 5.74) is 0.651. The Morgan fingerprint density at radius 3 is 3.00 bits per heavy atom. The predicted octanol–water partition coefficient (Wildman–Crippen LogP) is 0.849. The van der Waals surface area contributed by atoms with E-state index in [-0.39, 0.29) is 5.91 Å². The van der Waals surface area contributed by atoms with Crippen LogP contribution in [0.4, 0.5) is 0 Å². The molecule has 0 aliphatic carbocycles. The number of piperidine rings is 1. The van der Waals surface area contributed by atoms with Crippen molar-refractivity contribution >= 4 is 5.91 Å². The van der Waals surface area contributed by atoms with E-state index in [0.717, 1.165) is 12.8 Å². The van der Waals surface area contributed by atoms with Gasteiger partial charge >= 0.3 is 0 Å². The standard InChI is InChI=1S/C15H21N3O3/c1-10-12(8-16-11(2)17-10)14(20)18-6-4-13(19)15(9-18)5-3-7-21-15/h8,13,19H,3-7,9H2,1-2H3/t13-,15-/m0/s1. The summed E-state index contributed by atoms with van der Waals surface area (Å²) in [7, 11) is 0. The van der Waals surface area contributed by atoms with Crippen LogP contribution in [0.2, 0.25) is 0 Å². The fourth-order valence-electron chi connectivity index (χ4n) is 3.29. The molecule has 3 rings (SSSR count). The summed E-state index contributed by atoms with van der Waals surface area (Å²) in [4.78, 5) is 22.8. The Morgan fingerprint density at radius 2 is 2.33 bits per heavy atom. The fraction of sp³-hybridized carbons (Fsp3) is 0.667. The summed E-state index contributed by atoms with van der Waals surface area (Å²) in [5, 5.41) is 10.2. The van der Waals surface area contributed by atoms with E-state index < -0.39 is 11.7 Å². The van der Waals surface area contributed by atoms with E-state index in [4.69, 9.17) is 4.74 Å². The van der Waals surface area contributed by atoms with E-state index in [0.29, 0.717) is 43.2 Å². The number of aryl methyl sites for hydroxylation is 2. The highest BCUT2D eigenvalue weighted by atomic mass is 16.5. The van der Waals surface area contributed by atoms with E-state index in [1.165, 1.54) is 0 Å². The van der Waals surface area contributed by atoms with Crippen LogP contribution in [0.1, 0.15) is 41.1 Å². The molecule has 0 radical (unpaired) electrons. The van der Waals surface area contributed by atoms with Crippen LogP contribution < -0.4 is 0 Å². The molecule has 6 nitrogen and oxygen atoms in total. The van der Waals surface area contributed by atoms with Crippen molar-refractivity contribution in [3.63, 3.8) is 0 Å². The molecule has 0 saturated carbocycles. The monoisotopic (exact) mass is 291 g/mol. The number of carbonyl (C=O) groups excluding carboxylic acids is 1. The smallest absolute Gasteiger partial charge is 0.257 e. The first-order chi connectivity index (χ1) is 10.0. The lowest BCUT2D eigenvalue weighted by atomic mass is 9.87. The quantitative estimate of drug-likeness (QED) is 0.830. The molecular formula is C15H21N3O3. The molecule has 0 aromatic carbocycles. The number of rotatable bonds is 1. The molecule has 1 aromatic rings. The normalized spacial score (nSPS) is 29.1. The maximum absolute atomic E-state index is 12.7. The lowest BCUT2D eigenvalue weighted by molar-refractivity contribution is -0.124. The molecule has 2 aliphatic heterocycles. The van der Waals surface area contributed by atoms with Gasteiger partial charge in [0, 0.05) is 19.3 Å². The minimum atomic E-state index is -0.576. The minimum Gasteiger partial charge on any atom is -0.390 e. The Kier molecular flexibility index (Phi) is 3.67. The molecule has 2 aliphatic rings. The Labute approximate surface area is 124 Å². The lowest BCUT2D eigenvalue weighted by Gasteiger charge is -2.43. The van der Waals surface area contributed by atoms with Crippen molar-refractivity contribution in [3.05, 3.63) is 23.3 Å². The largest absolute Gasteiger partial charge is 0.390 e. The van der Waals surface area contributed by atoms with Crippen LogP contribution in [0.3, 0.4) is 0 Å². The summed E-state index contributed by atoms with van der Waals surface area (Å²) in [6.07, 6.45) is 3.40. The van der Waals surface area contributed by atoms with Gasteiger partial charge in [-0.3, -0.25) is 4.79 Å². The van der Waals surface area contributed by atoms with Gasteiger partial charge in [0.15, 0.2) is 0 Å². The zero-order valence-electron chi connectivity index (χ0n) is 12.5. The van der Waals surface area contributed by atoms with Crippen molar-refractivity contribution in [1.82, 2.24) is 14.9 Å². The second-order valence-electron chi connectivity index (χ2n) is 5.96. The second-order valence-corrected chi connectivity index (χ2v) is 5.96. The molecule has 1 N–H and O–H groups in total. The number of ether oxygens (including phenoxy) is 1. The zero-order valence-corrected chi connectivity index (χ0v) is 12.5. The fourth-order valence-corrected chi connectivity index (χ4v) is 3.29. The topological polar surface area (TPSA) is 75.6 Å². The third kappa shape index (κ3) is 2.53. The summed E-state index contributed by atoms with van der Waals surface area (Å²) in [6.45, 7) is 5.27. The van der Waals surface area contributed by atoms with Crippen LogP contribution in [0.25, 0.3) is 0 Å². The van der Waals surface area contributed by atoms with Crippen molar-refractivity contribution in [2.24, 2.45) is 0 Å². The lowest BCUT2D eigenvalue weighted by Crippen LogP contribution is -2.57. The molecule has 1 aromatic heterocycles. The third-order valence-electron chi connectivity index (χ3n) is 4.49. The van der Waals surface area contributed by atoms with E-state index >= 15 is 0 Å². The number of likely N-dealkylation sites (tertiary alicyclic amines) is 1. The van der Waals surface area contributed by atoms with Crippen LogP contribution in [-0.4, -0.2) is 57.3 Å². The Hall–Kier alpha value is -1.53. The molecule has 2 saturated heterocycles. The van der Waals surface area contributed by atoms with Crippen molar-refractivity contribution in [3.8, 4) is 0 Å². The summed E-state index contributed by atoms with van der Waals surface area (Å²) in [5.74, 6) is 0.586. The van der Waals surface area contributed by atoms with E-state index in [1.54, 1.807) is 18.0 Å². The summed E-state index contributed by atoms with van der Waals surface area (Å²) in [6, 6.07) is 0. The van der Waals surface area contributed by atoms with Gasteiger partial charge < -0.3 is 14.7 Å². The number of nitrogens with zero attached hydrogens (tertiary/aromatic N) is 3. The summed E-state index contributed by atoms with van der Waals surface area (Å²) < 4.78 is 5.78. The van der Waals surface area contributed by atoms with Crippen LogP contribution in [-0.2, 0) is 4.74 Å². The predicted molar refractivity (Wildman–Crippen MR) is 76.0 cm³/mol. The molecule has 3 heterocycles. The maximum Gasteiger partial charge on any atom is 0.257 e. The average Bonchev–Trinajstić information content (AvgIpc) is 2.91. The van der Waals surface area contributed by atoms with Gasteiger partial charge in [0.25, 0.3) is 5.91 Å². The average molecular weight is 291 g/mol. The van der Waals surface area contributed by atoms with Crippen LogP contribution in [0.5, 0.6) is 0 Å². The van der Waals surface area contributed by atoms with Crippen LogP contribution in [0, 0.1) is 13.8 Å². The van der Waals surface area contributed by atoms with Crippen LogP contribution >= 0.6 is 0 Å². The second kappa shape index (κ2) is 5.35. The van der Waals surface area contributed by atoms with E-state index in [1.807, 2.05) is 6.92 Å². The molecule has 2 atom stereocenters. The first-order valence-corrected chi connectivity index (χ1v) is 7.43. The van der Waals surface area contributed by atoms with Crippen molar-refractivity contribution in [1.29, 1.82) is 0 Å². The third-order valence-corrected chi connectivity index (χ3v) is 4.49. The minimum absolute atomic E-state index is 0.0747. The maximum atomic E-state index is 12.7. The molecular weight excluding hydrogens is 270 g/mol. The van der Waals surface area contributed by atoms with Gasteiger partial charge in [-0.25, -0.2) is 9.97 Å². The summed E-state index contributed by atoms with van der Waals surface area (Å²) >= 11 is 0. The van der Waals surface area contributed by atoms with Crippen molar-refractivity contribution in [2.75, 3.05) is 19.7 Å². The van der Waals surface area contributed by atoms with Crippen LogP contribution in [0.15, 0.2) is 6.20 Å². The van der Waals surface area contributed by atoms with Gasteiger partial charge in [0.1, 0.15) is 11.4 Å². The highest BCUT2D eigenvalue weighted by molar-refractivity contribution is 5.95. The number of aliphatic hydroxyl groups excluding tert-OH is 1. The highest BCUT2D eigenvalue weighted by Crippen LogP contribution is 2.35. The molecule has 21 heavy (non-hydrogen) atoms. The van der Waals surface area contributed by atoms with Gasteiger partial charge in [-0.2, -0.15) is 0 Å². The Morgan fingerprint density at radius 1 is 1.52 bits per heavy atom. The van der Waals surface area contributed by atoms with Gasteiger partial charge in [0.2, 0.25) is 0 Å². The molecule has 0 unspecified atom stereocenters. The number of amides is 1. The van der Waals surface area contributed by atoms with Crippen molar-refractivity contribution in [2.45, 2.75) is 44.8 Å². The molecule has 6 heteroatoms. The first-order valence-electron chi connectivity index (χ1n) is 7.43. The Bertz CT molecular complexity index is 555. The number of aromatic nitrogens is 2. The number of hydrogen-bond acceptors (Lipinski definition) is 5. The number of aliphatic hydroxyl groups is 1. The molecule has 1 amide bonds. The van der Waals surface area contributed by atoms with Crippen molar-refractivity contribution < 1.29 is 14.6 Å². The molecule has 1 spiro atoms. The van der Waals surface area contributed by atoms with Gasteiger partial charge in [-0.1, -0.05) is 0 Å². The van der Waals surface area contributed by atoms with Gasteiger partial charge in [0.05, 0.1) is 23.9 Å². The first kappa shape index (κ1) is 14.4. The number of carbonyl (C=O) groups is 1. The Balaban J connectivity index is 1.82.